The van der Waals surface area contributed by atoms with Gasteiger partial charge in [0, 0.05) is 5.56 Å². The highest BCUT2D eigenvalue weighted by molar-refractivity contribution is 7.80. The number of para-hydroxylation sites is 1. The third kappa shape index (κ3) is 4.56. The SMILES string of the molecule is FC(F)(F)c1ccccc1NC(=S)N1CC[NH+](Cc2ccc3c(c2)OCO3)CC1. The fourth-order valence-electron chi connectivity index (χ4n) is 3.58. The van der Waals surface area contributed by atoms with E-state index in [9.17, 15) is 13.2 Å². The topological polar surface area (TPSA) is 38.2 Å². The zero-order chi connectivity index (χ0) is 20.4. The summed E-state index contributed by atoms with van der Waals surface area (Å²) in [5, 5.41) is 3.10. The van der Waals surface area contributed by atoms with Crippen LogP contribution in [-0.2, 0) is 12.7 Å². The van der Waals surface area contributed by atoms with Crippen LogP contribution in [0.5, 0.6) is 11.5 Å². The highest BCUT2D eigenvalue weighted by Gasteiger charge is 2.34. The van der Waals surface area contributed by atoms with E-state index in [1.54, 1.807) is 6.07 Å². The third-order valence-corrected chi connectivity index (χ3v) is 5.48. The molecule has 9 heteroatoms. The van der Waals surface area contributed by atoms with Crippen molar-refractivity contribution in [2.75, 3.05) is 38.3 Å². The molecule has 2 aromatic rings. The Balaban J connectivity index is 1.32. The second kappa shape index (κ2) is 8.08. The molecule has 0 amide bonds. The normalized spacial score (nSPS) is 16.7. The lowest BCUT2D eigenvalue weighted by Gasteiger charge is -2.34. The molecule has 29 heavy (non-hydrogen) atoms. The average Bonchev–Trinajstić information content (AvgIpc) is 3.16. The Bertz CT molecular complexity index is 899. The van der Waals surface area contributed by atoms with Crippen LogP contribution in [0.4, 0.5) is 18.9 Å². The standard InChI is InChI=1S/C20H20F3N3O2S/c21-20(22,23)15-3-1-2-4-16(15)24-19(29)26-9-7-25(8-10-26)12-14-5-6-17-18(11-14)28-13-27-17/h1-6,11H,7-10,12-13H2,(H,24,29)/p+1. The van der Waals surface area contributed by atoms with Gasteiger partial charge in [-0.2, -0.15) is 13.2 Å². The van der Waals surface area contributed by atoms with Gasteiger partial charge in [0.15, 0.2) is 16.6 Å². The van der Waals surface area contributed by atoms with E-state index >= 15 is 0 Å². The Morgan fingerprint density at radius 2 is 1.79 bits per heavy atom. The second-order valence-electron chi connectivity index (χ2n) is 7.07. The van der Waals surface area contributed by atoms with Crippen LogP contribution in [0.15, 0.2) is 42.5 Å². The van der Waals surface area contributed by atoms with Crippen LogP contribution in [0.1, 0.15) is 11.1 Å². The van der Waals surface area contributed by atoms with E-state index in [2.05, 4.69) is 5.32 Å². The zero-order valence-corrected chi connectivity index (χ0v) is 16.4. The van der Waals surface area contributed by atoms with E-state index in [1.807, 2.05) is 23.1 Å². The van der Waals surface area contributed by atoms with E-state index in [-0.39, 0.29) is 12.5 Å². The van der Waals surface area contributed by atoms with Crippen LogP contribution in [0.3, 0.4) is 0 Å². The average molecular weight is 424 g/mol. The van der Waals surface area contributed by atoms with E-state index in [1.165, 1.54) is 17.0 Å². The molecule has 0 spiro atoms. The minimum absolute atomic E-state index is 0.0138. The molecule has 1 saturated heterocycles. The van der Waals surface area contributed by atoms with Crippen molar-refractivity contribution in [1.82, 2.24) is 4.90 Å². The van der Waals surface area contributed by atoms with E-state index in [0.29, 0.717) is 18.2 Å². The van der Waals surface area contributed by atoms with Crippen molar-refractivity contribution in [1.29, 1.82) is 0 Å². The number of hydrogen-bond acceptors (Lipinski definition) is 3. The van der Waals surface area contributed by atoms with Gasteiger partial charge in [-0.05, 0) is 42.5 Å². The lowest BCUT2D eigenvalue weighted by molar-refractivity contribution is -0.917. The zero-order valence-electron chi connectivity index (χ0n) is 15.6. The summed E-state index contributed by atoms with van der Waals surface area (Å²) in [6, 6.07) is 11.3. The van der Waals surface area contributed by atoms with Crippen molar-refractivity contribution in [3.05, 3.63) is 53.6 Å². The summed E-state index contributed by atoms with van der Waals surface area (Å²) in [6.07, 6.45) is -4.42. The first-order valence-electron chi connectivity index (χ1n) is 9.34. The fourth-order valence-corrected chi connectivity index (χ4v) is 3.87. The molecule has 0 radical (unpaired) electrons. The van der Waals surface area contributed by atoms with Gasteiger partial charge in [0.05, 0.1) is 37.4 Å². The maximum absolute atomic E-state index is 13.2. The summed E-state index contributed by atoms with van der Waals surface area (Å²) < 4.78 is 50.3. The van der Waals surface area contributed by atoms with Crippen molar-refractivity contribution in [2.45, 2.75) is 12.7 Å². The fraction of sp³-hybridized carbons (Fsp3) is 0.350. The molecule has 1 fully saturated rings. The minimum atomic E-state index is -4.42. The minimum Gasteiger partial charge on any atom is -0.454 e. The number of rotatable bonds is 3. The number of fused-ring (bicyclic) bond motifs is 1. The molecule has 154 valence electrons. The molecule has 0 saturated carbocycles. The number of alkyl halides is 3. The molecule has 0 bridgehead atoms. The predicted molar refractivity (Wildman–Crippen MR) is 106 cm³/mol. The monoisotopic (exact) mass is 424 g/mol. The van der Waals surface area contributed by atoms with Gasteiger partial charge >= 0.3 is 6.18 Å². The Kier molecular flexibility index (Phi) is 5.51. The smallest absolute Gasteiger partial charge is 0.418 e. The van der Waals surface area contributed by atoms with Gasteiger partial charge < -0.3 is 24.6 Å². The maximum atomic E-state index is 13.2. The van der Waals surface area contributed by atoms with Gasteiger partial charge in [-0.3, -0.25) is 0 Å². The van der Waals surface area contributed by atoms with E-state index < -0.39 is 11.7 Å². The Hall–Kier alpha value is -2.52. The summed E-state index contributed by atoms with van der Waals surface area (Å²) in [5.74, 6) is 1.54. The molecular formula is C20H21F3N3O2S+. The number of piperazine rings is 1. The van der Waals surface area contributed by atoms with Crippen LogP contribution in [-0.4, -0.2) is 43.0 Å². The maximum Gasteiger partial charge on any atom is 0.418 e. The number of halogens is 3. The summed E-state index contributed by atoms with van der Waals surface area (Å²) in [6.45, 7) is 4.15. The van der Waals surface area contributed by atoms with Crippen molar-refractivity contribution in [3.8, 4) is 11.5 Å². The van der Waals surface area contributed by atoms with Crippen LogP contribution >= 0.6 is 12.2 Å². The summed E-state index contributed by atoms with van der Waals surface area (Å²) in [5.41, 5.74) is 0.437. The van der Waals surface area contributed by atoms with Crippen molar-refractivity contribution < 1.29 is 27.5 Å². The molecule has 2 aromatic carbocycles. The molecule has 2 N–H and O–H groups in total. The first-order chi connectivity index (χ1) is 13.9. The molecule has 0 atom stereocenters. The highest BCUT2D eigenvalue weighted by Crippen LogP contribution is 2.35. The van der Waals surface area contributed by atoms with Crippen LogP contribution < -0.4 is 19.7 Å². The highest BCUT2D eigenvalue weighted by atomic mass is 32.1. The molecule has 2 aliphatic heterocycles. The van der Waals surface area contributed by atoms with Crippen LogP contribution in [0.2, 0.25) is 0 Å². The van der Waals surface area contributed by atoms with Gasteiger partial charge in [-0.25, -0.2) is 0 Å². The van der Waals surface area contributed by atoms with Gasteiger partial charge in [-0.1, -0.05) is 12.1 Å². The Morgan fingerprint density at radius 3 is 2.55 bits per heavy atom. The molecule has 0 aromatic heterocycles. The molecule has 5 nitrogen and oxygen atoms in total. The van der Waals surface area contributed by atoms with Gasteiger partial charge in [0.25, 0.3) is 0 Å². The Labute approximate surface area is 172 Å². The molecule has 2 aliphatic rings. The summed E-state index contributed by atoms with van der Waals surface area (Å²) in [4.78, 5) is 3.31. The number of nitrogens with zero attached hydrogens (tertiary/aromatic N) is 1. The van der Waals surface area contributed by atoms with Gasteiger partial charge in [-0.15, -0.1) is 0 Å². The number of ether oxygens (including phenoxy) is 2. The molecule has 0 aliphatic carbocycles. The number of hydrogen-bond donors (Lipinski definition) is 2. The number of benzene rings is 2. The van der Waals surface area contributed by atoms with Crippen molar-refractivity contribution >= 4 is 23.0 Å². The van der Waals surface area contributed by atoms with Gasteiger partial charge in [0.1, 0.15) is 6.54 Å². The van der Waals surface area contributed by atoms with Crippen LogP contribution in [0, 0.1) is 0 Å². The van der Waals surface area contributed by atoms with Crippen LogP contribution in [0.25, 0.3) is 0 Å². The van der Waals surface area contributed by atoms with E-state index in [4.69, 9.17) is 21.7 Å². The number of nitrogens with one attached hydrogen (secondary N) is 2. The largest absolute Gasteiger partial charge is 0.454 e. The number of quaternary nitrogens is 1. The first kappa shape index (κ1) is 19.8. The van der Waals surface area contributed by atoms with E-state index in [0.717, 1.165) is 42.8 Å². The summed E-state index contributed by atoms with van der Waals surface area (Å²) in [7, 11) is 0. The quantitative estimate of drug-likeness (QED) is 0.741. The molecular weight excluding hydrogens is 403 g/mol. The first-order valence-corrected chi connectivity index (χ1v) is 9.75. The molecule has 4 rings (SSSR count). The number of thiocarbonyl (C=S) groups is 1. The van der Waals surface area contributed by atoms with Crippen molar-refractivity contribution in [3.63, 3.8) is 0 Å². The Morgan fingerprint density at radius 1 is 1.07 bits per heavy atom. The third-order valence-electron chi connectivity index (χ3n) is 5.12. The lowest BCUT2D eigenvalue weighted by atomic mass is 10.1. The van der Waals surface area contributed by atoms with Gasteiger partial charge in [0.2, 0.25) is 6.79 Å². The van der Waals surface area contributed by atoms with Crippen molar-refractivity contribution in [2.24, 2.45) is 0 Å². The molecule has 0 unspecified atom stereocenters. The summed E-state index contributed by atoms with van der Waals surface area (Å²) >= 11 is 5.37. The predicted octanol–water partition coefficient (Wildman–Crippen LogP) is 2.53. The molecule has 2 heterocycles. The lowest BCUT2D eigenvalue weighted by Crippen LogP contribution is -3.13. The number of anilines is 1. The second-order valence-corrected chi connectivity index (χ2v) is 7.46.